The molecule has 0 bridgehead atoms. The highest BCUT2D eigenvalue weighted by molar-refractivity contribution is 6.31. The van der Waals surface area contributed by atoms with E-state index in [1.54, 1.807) is 6.07 Å². The zero-order valence-electron chi connectivity index (χ0n) is 18.3. The largest absolute Gasteiger partial charge is 0.367 e. The third-order valence-electron chi connectivity index (χ3n) is 5.82. The van der Waals surface area contributed by atoms with Gasteiger partial charge in [-0.05, 0) is 12.1 Å². The molecular weight excluding hydrogens is 449 g/mol. The van der Waals surface area contributed by atoms with Crippen LogP contribution in [0.4, 0.5) is 15.9 Å². The minimum atomic E-state index is -0.541. The minimum Gasteiger partial charge on any atom is -0.367 e. The van der Waals surface area contributed by atoms with Crippen molar-refractivity contribution in [2.75, 3.05) is 31.1 Å². The average molecular weight is 470 g/mol. The number of pyridine rings is 1. The molecule has 3 aromatic carbocycles. The first kappa shape index (κ1) is 22.0. The lowest BCUT2D eigenvalue weighted by molar-refractivity contribution is 0.589. The first-order chi connectivity index (χ1) is 16.7. The number of nitrogens with zero attached hydrogens (tertiary/aromatic N) is 4. The topological polar surface area (TPSA) is 64.3 Å². The smallest absolute Gasteiger partial charge is 0.173 e. The number of nitriles is 1. The number of benzene rings is 3. The molecule has 4 aromatic rings. The van der Waals surface area contributed by atoms with Gasteiger partial charge in [-0.2, -0.15) is 5.26 Å². The monoisotopic (exact) mass is 469 g/mol. The zero-order valence-corrected chi connectivity index (χ0v) is 19.1. The molecule has 2 heterocycles. The second kappa shape index (κ2) is 9.60. The molecule has 0 unspecified atom stereocenters. The van der Waals surface area contributed by atoms with Crippen LogP contribution in [0.5, 0.6) is 0 Å². The van der Waals surface area contributed by atoms with E-state index in [4.69, 9.17) is 16.6 Å². The van der Waals surface area contributed by atoms with E-state index < -0.39 is 5.82 Å². The molecule has 34 heavy (non-hydrogen) atoms. The molecule has 1 saturated heterocycles. The Morgan fingerprint density at radius 1 is 1.00 bits per heavy atom. The van der Waals surface area contributed by atoms with Gasteiger partial charge >= 0.3 is 0 Å². The Morgan fingerprint density at radius 2 is 1.62 bits per heavy atom. The first-order valence-corrected chi connectivity index (χ1v) is 11.4. The maximum absolute atomic E-state index is 15.1. The van der Waals surface area contributed by atoms with Gasteiger partial charge in [0, 0.05) is 47.7 Å². The maximum atomic E-state index is 15.1. The quantitative estimate of drug-likeness (QED) is 0.402. The standard InChI is InChI=1S/C27H21ClFN5/c28-20-15-21-25(23(29)16-20)33-27(22(17-30)26(21)34-13-11-31-12-14-34)32-24(18-7-3-1-4-8-18)19-9-5-2-6-10-19/h1-10,15-16,31H,11-14H2. The fourth-order valence-electron chi connectivity index (χ4n) is 4.26. The van der Waals surface area contributed by atoms with Crippen LogP contribution in [0.15, 0.2) is 77.8 Å². The number of hydrogen-bond donors (Lipinski definition) is 1. The highest BCUT2D eigenvalue weighted by Gasteiger charge is 2.24. The summed E-state index contributed by atoms with van der Waals surface area (Å²) in [7, 11) is 0. The van der Waals surface area contributed by atoms with Crippen LogP contribution < -0.4 is 10.2 Å². The predicted octanol–water partition coefficient (Wildman–Crippen LogP) is 5.48. The van der Waals surface area contributed by atoms with Gasteiger partial charge in [0.25, 0.3) is 0 Å². The molecule has 0 radical (unpaired) electrons. The first-order valence-electron chi connectivity index (χ1n) is 11.0. The normalized spacial score (nSPS) is 13.5. The second-order valence-electron chi connectivity index (χ2n) is 7.98. The summed E-state index contributed by atoms with van der Waals surface area (Å²) in [5.74, 6) is -0.353. The van der Waals surface area contributed by atoms with Crippen LogP contribution >= 0.6 is 11.6 Å². The number of aliphatic imine (C=N–C) groups is 1. The number of aromatic nitrogens is 1. The van der Waals surface area contributed by atoms with Gasteiger partial charge in [0.2, 0.25) is 0 Å². The molecule has 0 saturated carbocycles. The maximum Gasteiger partial charge on any atom is 0.173 e. The molecule has 0 amide bonds. The summed E-state index contributed by atoms with van der Waals surface area (Å²) in [5, 5.41) is 14.3. The molecule has 168 valence electrons. The molecular formula is C27H21ClFN5. The summed E-state index contributed by atoms with van der Waals surface area (Å²) in [6.45, 7) is 2.87. The van der Waals surface area contributed by atoms with Crippen LogP contribution in [0, 0.1) is 17.1 Å². The number of piperazine rings is 1. The van der Waals surface area contributed by atoms with E-state index in [9.17, 15) is 5.26 Å². The number of hydrogen-bond acceptors (Lipinski definition) is 5. The summed E-state index contributed by atoms with van der Waals surface area (Å²) >= 11 is 6.21. The molecule has 1 aliphatic heterocycles. The van der Waals surface area contributed by atoms with Crippen LogP contribution in [0.25, 0.3) is 10.9 Å². The van der Waals surface area contributed by atoms with Crippen LogP contribution in [0.3, 0.4) is 0 Å². The Hall–Kier alpha value is -3.79. The molecule has 1 aliphatic rings. The molecule has 1 fully saturated rings. The second-order valence-corrected chi connectivity index (χ2v) is 8.42. The van der Waals surface area contributed by atoms with E-state index >= 15 is 4.39 Å². The van der Waals surface area contributed by atoms with E-state index in [1.807, 2.05) is 60.7 Å². The van der Waals surface area contributed by atoms with Crippen molar-refractivity contribution in [3.63, 3.8) is 0 Å². The predicted molar refractivity (Wildman–Crippen MR) is 135 cm³/mol. The van der Waals surface area contributed by atoms with Gasteiger partial charge in [0.15, 0.2) is 11.6 Å². The van der Waals surface area contributed by atoms with E-state index in [0.717, 1.165) is 24.2 Å². The van der Waals surface area contributed by atoms with Gasteiger partial charge in [0.1, 0.15) is 17.1 Å². The Labute approximate surface area is 202 Å². The molecule has 0 spiro atoms. The van der Waals surface area contributed by atoms with Crippen LogP contribution in [0.1, 0.15) is 16.7 Å². The van der Waals surface area contributed by atoms with Crippen molar-refractivity contribution in [3.8, 4) is 6.07 Å². The highest BCUT2D eigenvalue weighted by Crippen LogP contribution is 2.38. The van der Waals surface area contributed by atoms with Gasteiger partial charge in [-0.1, -0.05) is 72.3 Å². The highest BCUT2D eigenvalue weighted by atomic mass is 35.5. The fraction of sp³-hybridized carbons (Fsp3) is 0.148. The number of rotatable bonds is 4. The number of anilines is 1. The van der Waals surface area contributed by atoms with Crippen molar-refractivity contribution in [2.45, 2.75) is 0 Å². The van der Waals surface area contributed by atoms with E-state index in [0.29, 0.717) is 35.4 Å². The third kappa shape index (κ3) is 4.24. The fourth-order valence-corrected chi connectivity index (χ4v) is 4.46. The van der Waals surface area contributed by atoms with Crippen molar-refractivity contribution in [1.29, 1.82) is 5.26 Å². The molecule has 1 N–H and O–H groups in total. The summed E-state index contributed by atoms with van der Waals surface area (Å²) < 4.78 is 15.1. The SMILES string of the molecule is N#Cc1c(N=C(c2ccccc2)c2ccccc2)nc2c(F)cc(Cl)cc2c1N1CCNCC1. The molecule has 0 aliphatic carbocycles. The molecule has 0 atom stereocenters. The minimum absolute atomic E-state index is 0.149. The summed E-state index contributed by atoms with van der Waals surface area (Å²) in [6.07, 6.45) is 0. The molecule has 1 aromatic heterocycles. The van der Waals surface area contributed by atoms with Crippen molar-refractivity contribution in [3.05, 3.63) is 100 Å². The Bertz CT molecular complexity index is 1370. The van der Waals surface area contributed by atoms with E-state index in [-0.39, 0.29) is 16.4 Å². The van der Waals surface area contributed by atoms with Crippen molar-refractivity contribution < 1.29 is 4.39 Å². The van der Waals surface area contributed by atoms with Crippen molar-refractivity contribution >= 4 is 39.7 Å². The van der Waals surface area contributed by atoms with Gasteiger partial charge in [-0.3, -0.25) is 0 Å². The lowest BCUT2D eigenvalue weighted by atomic mass is 10.0. The molecule has 5 nitrogen and oxygen atoms in total. The summed E-state index contributed by atoms with van der Waals surface area (Å²) in [4.78, 5) is 11.5. The number of halogens is 2. The summed E-state index contributed by atoms with van der Waals surface area (Å²) in [5.41, 5.74) is 3.48. The van der Waals surface area contributed by atoms with Crippen LogP contribution in [-0.2, 0) is 0 Å². The summed E-state index contributed by atoms with van der Waals surface area (Å²) in [6, 6.07) is 24.6. The van der Waals surface area contributed by atoms with Crippen molar-refractivity contribution in [2.24, 2.45) is 4.99 Å². The van der Waals surface area contributed by atoms with Crippen LogP contribution in [-0.4, -0.2) is 36.9 Å². The van der Waals surface area contributed by atoms with Gasteiger partial charge in [-0.25, -0.2) is 14.4 Å². The Balaban J connectivity index is 1.82. The van der Waals surface area contributed by atoms with Gasteiger partial charge in [-0.15, -0.1) is 0 Å². The zero-order chi connectivity index (χ0) is 23.5. The number of fused-ring (bicyclic) bond motifs is 1. The Morgan fingerprint density at radius 3 is 2.21 bits per heavy atom. The molecule has 5 rings (SSSR count). The Kier molecular flexibility index (Phi) is 6.22. The lowest BCUT2D eigenvalue weighted by Crippen LogP contribution is -2.44. The van der Waals surface area contributed by atoms with E-state index in [1.165, 1.54) is 6.07 Å². The van der Waals surface area contributed by atoms with Crippen LogP contribution in [0.2, 0.25) is 5.02 Å². The van der Waals surface area contributed by atoms with Crippen molar-refractivity contribution in [1.82, 2.24) is 10.3 Å². The average Bonchev–Trinajstić information content (AvgIpc) is 2.88. The third-order valence-corrected chi connectivity index (χ3v) is 6.04. The number of nitrogens with one attached hydrogen (secondary N) is 1. The van der Waals surface area contributed by atoms with E-state index in [2.05, 4.69) is 21.3 Å². The lowest BCUT2D eigenvalue weighted by Gasteiger charge is -2.31. The van der Waals surface area contributed by atoms with Gasteiger partial charge < -0.3 is 10.2 Å². The molecule has 7 heteroatoms. The van der Waals surface area contributed by atoms with Gasteiger partial charge in [0.05, 0.1) is 11.4 Å².